The number of aromatic nitrogens is 4. The van der Waals surface area contributed by atoms with Crippen molar-refractivity contribution in [2.75, 3.05) is 0 Å². The van der Waals surface area contributed by atoms with Crippen molar-refractivity contribution in [3.05, 3.63) is 182 Å². The van der Waals surface area contributed by atoms with Gasteiger partial charge in [-0.15, -0.1) is 0 Å². The molecule has 0 unspecified atom stereocenters. The highest BCUT2D eigenvalue weighted by molar-refractivity contribution is 6.37. The number of hydrogen-bond acceptors (Lipinski definition) is 4. The van der Waals surface area contributed by atoms with Crippen LogP contribution in [0.3, 0.4) is 0 Å². The first-order chi connectivity index (χ1) is 31.7. The van der Waals surface area contributed by atoms with Crippen molar-refractivity contribution in [3.63, 3.8) is 0 Å². The number of benzene rings is 10. The average molecular weight is 815 g/mol. The molecular weight excluding hydrogens is 785 g/mol. The normalized spacial score (nSPS) is 12.7. The van der Waals surface area contributed by atoms with Gasteiger partial charge >= 0.3 is 0 Å². The third-order valence-electron chi connectivity index (χ3n) is 14.0. The van der Waals surface area contributed by atoms with Gasteiger partial charge < -0.3 is 13.2 Å². The molecule has 0 aliphatic heterocycles. The topological polar surface area (TPSA) is 61.4 Å². The van der Waals surface area contributed by atoms with Gasteiger partial charge in [0.05, 0.1) is 44.0 Å². The van der Waals surface area contributed by atoms with Gasteiger partial charge in [0, 0.05) is 54.0 Å². The van der Waals surface area contributed by atoms with E-state index in [4.69, 9.17) is 18.8 Å². The van der Waals surface area contributed by atoms with E-state index < -0.39 is 0 Å². The fourth-order valence-electron chi connectivity index (χ4n) is 11.3. The maximum absolute atomic E-state index is 6.72. The molecule has 0 spiro atoms. The van der Waals surface area contributed by atoms with Gasteiger partial charge in [0.15, 0.2) is 5.82 Å². The Balaban J connectivity index is 1.03. The summed E-state index contributed by atoms with van der Waals surface area (Å²) >= 11 is 0. The van der Waals surface area contributed by atoms with Crippen LogP contribution in [0.1, 0.15) is 0 Å². The Morgan fingerprint density at radius 3 is 1.73 bits per heavy atom. The standard InChI is InChI=1S/C58H30N4O2/c1-3-14-39-34(10-1)35-11-2-4-15-40(35)56-55(39)59-54(32-22-20-31(21-23-32)33-24-25-38-37-13-6-8-19-46(37)63-49(38)30-33)58(60-56)62-44-18-9-17-43-50(44)51-45(62)27-29-47-52(51)53-48(64-47)28-26-41-36-12-5-7-16-42(36)61(43)57(41)53/h1-30H. The van der Waals surface area contributed by atoms with E-state index >= 15 is 0 Å². The van der Waals surface area contributed by atoms with Crippen molar-refractivity contribution < 1.29 is 8.83 Å². The maximum atomic E-state index is 6.72. The molecule has 6 nitrogen and oxygen atoms in total. The average Bonchev–Trinajstić information content (AvgIpc) is 4.09. The summed E-state index contributed by atoms with van der Waals surface area (Å²) in [6.07, 6.45) is 0. The molecule has 0 saturated heterocycles. The number of para-hydroxylation sites is 2. The summed E-state index contributed by atoms with van der Waals surface area (Å²) in [5.41, 5.74) is 14.9. The molecule has 0 bridgehead atoms. The molecule has 16 aromatic rings. The Hall–Kier alpha value is -8.74. The molecule has 0 atom stereocenters. The first-order valence-corrected chi connectivity index (χ1v) is 21.7. The minimum Gasteiger partial charge on any atom is -0.456 e. The highest BCUT2D eigenvalue weighted by Crippen LogP contribution is 2.49. The number of nitrogens with zero attached hydrogens (tertiary/aromatic N) is 4. The summed E-state index contributed by atoms with van der Waals surface area (Å²) < 4.78 is 17.8. The zero-order valence-corrected chi connectivity index (χ0v) is 33.9. The quantitative estimate of drug-likeness (QED) is 0.167. The molecule has 0 aliphatic carbocycles. The van der Waals surface area contributed by atoms with Gasteiger partial charge in [-0.3, -0.25) is 4.57 Å². The summed E-state index contributed by atoms with van der Waals surface area (Å²) in [5, 5.41) is 13.8. The molecule has 294 valence electrons. The van der Waals surface area contributed by atoms with Gasteiger partial charge in [-0.25, -0.2) is 9.97 Å². The van der Waals surface area contributed by atoms with Gasteiger partial charge in [0.2, 0.25) is 0 Å². The number of rotatable bonds is 3. The van der Waals surface area contributed by atoms with E-state index in [0.717, 1.165) is 132 Å². The van der Waals surface area contributed by atoms with E-state index in [-0.39, 0.29) is 0 Å². The monoisotopic (exact) mass is 814 g/mol. The number of fused-ring (bicyclic) bond motifs is 13. The van der Waals surface area contributed by atoms with Crippen molar-refractivity contribution in [1.82, 2.24) is 18.9 Å². The molecule has 6 aromatic heterocycles. The van der Waals surface area contributed by atoms with Crippen LogP contribution in [-0.2, 0) is 0 Å². The highest BCUT2D eigenvalue weighted by Gasteiger charge is 2.28. The Morgan fingerprint density at radius 2 is 0.906 bits per heavy atom. The van der Waals surface area contributed by atoms with Crippen molar-refractivity contribution in [1.29, 1.82) is 0 Å². The number of hydrogen-bond donors (Lipinski definition) is 0. The van der Waals surface area contributed by atoms with E-state index in [0.29, 0.717) is 0 Å². The van der Waals surface area contributed by atoms with E-state index in [1.807, 2.05) is 12.1 Å². The number of furan rings is 2. The maximum Gasteiger partial charge on any atom is 0.165 e. The summed E-state index contributed by atoms with van der Waals surface area (Å²) in [6, 6.07) is 64.9. The molecular formula is C58H30N4O2. The summed E-state index contributed by atoms with van der Waals surface area (Å²) in [4.78, 5) is 11.6. The van der Waals surface area contributed by atoms with Crippen molar-refractivity contribution in [2.45, 2.75) is 0 Å². The summed E-state index contributed by atoms with van der Waals surface area (Å²) in [7, 11) is 0. The van der Waals surface area contributed by atoms with Crippen LogP contribution >= 0.6 is 0 Å². The van der Waals surface area contributed by atoms with Crippen LogP contribution in [0.5, 0.6) is 0 Å². The molecule has 0 aliphatic rings. The molecule has 16 rings (SSSR count). The van der Waals surface area contributed by atoms with Crippen LogP contribution in [0.2, 0.25) is 0 Å². The molecule has 0 amide bonds. The SMILES string of the molecule is c1ccc2c(c1)oc1cc(-c3ccc(-c4nc5c6ccccc6c6ccccc6c5nc4-n4c5ccc6oc7ccc8c9ccccc9n9c%10cccc4c%10c5c6c7c89)cc3)ccc12. The Kier molecular flexibility index (Phi) is 5.97. The first-order valence-electron chi connectivity index (χ1n) is 21.7. The van der Waals surface area contributed by atoms with Crippen molar-refractivity contribution in [3.8, 4) is 28.2 Å². The van der Waals surface area contributed by atoms with Crippen LogP contribution in [0, 0.1) is 0 Å². The van der Waals surface area contributed by atoms with Crippen molar-refractivity contribution in [2.24, 2.45) is 0 Å². The van der Waals surface area contributed by atoms with E-state index in [1.165, 1.54) is 21.8 Å². The third-order valence-corrected chi connectivity index (χ3v) is 14.0. The van der Waals surface area contributed by atoms with E-state index in [2.05, 4.69) is 179 Å². The second-order valence-electron chi connectivity index (χ2n) is 17.2. The molecule has 0 saturated carbocycles. The zero-order valence-electron chi connectivity index (χ0n) is 33.9. The van der Waals surface area contributed by atoms with Crippen LogP contribution in [0.4, 0.5) is 0 Å². The largest absolute Gasteiger partial charge is 0.456 e. The Labute approximate surface area is 362 Å². The smallest absolute Gasteiger partial charge is 0.165 e. The lowest BCUT2D eigenvalue weighted by Gasteiger charge is -2.16. The van der Waals surface area contributed by atoms with Gasteiger partial charge in [-0.1, -0.05) is 121 Å². The summed E-state index contributed by atoms with van der Waals surface area (Å²) in [6.45, 7) is 0. The lowest BCUT2D eigenvalue weighted by Crippen LogP contribution is -2.04. The Bertz CT molecular complexity index is 4660. The fraction of sp³-hybridized carbons (Fsp3) is 0. The van der Waals surface area contributed by atoms with Crippen LogP contribution < -0.4 is 0 Å². The van der Waals surface area contributed by atoms with Gasteiger partial charge in [0.1, 0.15) is 28.0 Å². The molecule has 0 fully saturated rings. The van der Waals surface area contributed by atoms with Crippen LogP contribution in [0.25, 0.3) is 154 Å². The van der Waals surface area contributed by atoms with Gasteiger partial charge in [-0.05, 0) is 82.6 Å². The molecule has 6 heterocycles. The molecule has 10 aromatic carbocycles. The first kappa shape index (κ1) is 33.0. The van der Waals surface area contributed by atoms with Crippen LogP contribution in [-0.4, -0.2) is 18.9 Å². The molecule has 64 heavy (non-hydrogen) atoms. The zero-order chi connectivity index (χ0) is 41.4. The minimum atomic E-state index is 0.775. The highest BCUT2D eigenvalue weighted by atomic mass is 16.3. The third kappa shape index (κ3) is 4.02. The predicted molar refractivity (Wildman–Crippen MR) is 263 cm³/mol. The lowest BCUT2D eigenvalue weighted by atomic mass is 9.98. The molecule has 0 N–H and O–H groups in total. The van der Waals surface area contributed by atoms with Gasteiger partial charge in [-0.2, -0.15) is 0 Å². The second-order valence-corrected chi connectivity index (χ2v) is 17.2. The van der Waals surface area contributed by atoms with E-state index in [1.54, 1.807) is 0 Å². The predicted octanol–water partition coefficient (Wildman–Crippen LogP) is 15.6. The minimum absolute atomic E-state index is 0.775. The van der Waals surface area contributed by atoms with Crippen molar-refractivity contribution >= 4 is 126 Å². The second kappa shape index (κ2) is 11.6. The fourth-order valence-corrected chi connectivity index (χ4v) is 11.3. The van der Waals surface area contributed by atoms with E-state index in [9.17, 15) is 0 Å². The van der Waals surface area contributed by atoms with Gasteiger partial charge in [0.25, 0.3) is 0 Å². The molecule has 6 heteroatoms. The molecule has 0 radical (unpaired) electrons. The lowest BCUT2D eigenvalue weighted by molar-refractivity contribution is 0.669. The summed E-state index contributed by atoms with van der Waals surface area (Å²) in [5.74, 6) is 0.775. The Morgan fingerprint density at radius 1 is 0.328 bits per heavy atom. The van der Waals surface area contributed by atoms with Crippen LogP contribution in [0.15, 0.2) is 191 Å².